The number of carbonyl (C=O) groups is 1. The number of alkyl halides is 2. The molecule has 1 atom stereocenters. The second-order valence-electron chi connectivity index (χ2n) is 4.06. The van der Waals surface area contributed by atoms with E-state index in [0.717, 1.165) is 0 Å². The molecule has 0 spiro atoms. The second kappa shape index (κ2) is 6.39. The molecule has 0 saturated carbocycles. The number of pyridine rings is 1. The maximum atomic E-state index is 13.6. The predicted molar refractivity (Wildman–Crippen MR) is 60.7 cm³/mol. The summed E-state index contributed by atoms with van der Waals surface area (Å²) in [6, 6.07) is 3.24. The Morgan fingerprint density at radius 2 is 2.29 bits per heavy atom. The van der Waals surface area contributed by atoms with Crippen molar-refractivity contribution in [3.8, 4) is 0 Å². The highest BCUT2D eigenvalue weighted by Crippen LogP contribution is 2.26. The van der Waals surface area contributed by atoms with Crippen LogP contribution in [0.2, 0.25) is 0 Å². The fourth-order valence-corrected chi connectivity index (χ4v) is 1.53. The van der Waals surface area contributed by atoms with Crippen LogP contribution in [0.3, 0.4) is 0 Å². The monoisotopic (exact) mass is 242 g/mol. The molecule has 0 aliphatic carbocycles. The Balaban J connectivity index is 2.48. The molecule has 1 aromatic rings. The van der Waals surface area contributed by atoms with Crippen molar-refractivity contribution >= 4 is 6.29 Å². The number of halogens is 2. The van der Waals surface area contributed by atoms with E-state index in [1.807, 2.05) is 0 Å². The van der Waals surface area contributed by atoms with E-state index < -0.39 is 11.8 Å². The first-order valence-electron chi connectivity index (χ1n) is 5.49. The van der Waals surface area contributed by atoms with Crippen molar-refractivity contribution in [1.29, 1.82) is 0 Å². The van der Waals surface area contributed by atoms with Gasteiger partial charge < -0.3 is 10.5 Å². The molecule has 1 aromatic heterocycles. The third kappa shape index (κ3) is 4.99. The average molecular weight is 242 g/mol. The largest absolute Gasteiger partial charge is 0.330 e. The molecule has 0 unspecified atom stereocenters. The average Bonchev–Trinajstić information content (AvgIpc) is 2.31. The van der Waals surface area contributed by atoms with Gasteiger partial charge in [-0.15, -0.1) is 0 Å². The molecule has 0 saturated heterocycles. The summed E-state index contributed by atoms with van der Waals surface area (Å²) in [6.07, 6.45) is 3.04. The molecule has 2 N–H and O–H groups in total. The minimum absolute atomic E-state index is 0.118. The second-order valence-corrected chi connectivity index (χ2v) is 4.06. The van der Waals surface area contributed by atoms with Crippen LogP contribution in [0.1, 0.15) is 18.4 Å². The van der Waals surface area contributed by atoms with Gasteiger partial charge in [-0.1, -0.05) is 6.07 Å². The van der Waals surface area contributed by atoms with Crippen molar-refractivity contribution < 1.29 is 13.6 Å². The zero-order chi connectivity index (χ0) is 12.7. The molecule has 1 rings (SSSR count). The van der Waals surface area contributed by atoms with Gasteiger partial charge in [-0.2, -0.15) is 0 Å². The molecule has 0 amide bonds. The van der Waals surface area contributed by atoms with Crippen LogP contribution in [0.15, 0.2) is 24.5 Å². The fraction of sp³-hybridized carbons (Fsp3) is 0.500. The molecule has 3 nitrogen and oxygen atoms in total. The number of nitrogens with two attached hydrogens (primary N) is 1. The lowest BCUT2D eigenvalue weighted by Crippen LogP contribution is -2.24. The van der Waals surface area contributed by atoms with E-state index in [4.69, 9.17) is 5.73 Å². The van der Waals surface area contributed by atoms with Gasteiger partial charge in [0.15, 0.2) is 0 Å². The van der Waals surface area contributed by atoms with Crippen molar-refractivity contribution in [2.24, 2.45) is 11.7 Å². The standard InChI is InChI=1S/C12H16F2N2O/c13-12(14,4-3-11(7-15)9-17)6-10-2-1-5-16-8-10/h1-2,5,8-9,11H,3-4,6-7,15H2/t11-/m1/s1. The van der Waals surface area contributed by atoms with Gasteiger partial charge in [0.05, 0.1) is 0 Å². The molecule has 0 aromatic carbocycles. The van der Waals surface area contributed by atoms with E-state index in [0.29, 0.717) is 11.8 Å². The van der Waals surface area contributed by atoms with E-state index >= 15 is 0 Å². The molecule has 0 bridgehead atoms. The molecule has 0 radical (unpaired) electrons. The summed E-state index contributed by atoms with van der Waals surface area (Å²) in [5, 5.41) is 0. The first kappa shape index (κ1) is 13.7. The number of aromatic nitrogens is 1. The normalized spacial score (nSPS) is 13.4. The van der Waals surface area contributed by atoms with Crippen LogP contribution >= 0.6 is 0 Å². The Morgan fingerprint density at radius 1 is 1.53 bits per heavy atom. The summed E-state index contributed by atoms with van der Waals surface area (Å²) in [4.78, 5) is 14.3. The molecule has 0 fully saturated rings. The number of nitrogens with zero attached hydrogens (tertiary/aromatic N) is 1. The SMILES string of the molecule is NC[C@H](C=O)CCC(F)(F)Cc1cccnc1. The van der Waals surface area contributed by atoms with Crippen molar-refractivity contribution in [1.82, 2.24) is 4.98 Å². The molecular weight excluding hydrogens is 226 g/mol. The fourth-order valence-electron chi connectivity index (χ4n) is 1.53. The van der Waals surface area contributed by atoms with Gasteiger partial charge in [-0.05, 0) is 18.1 Å². The lowest BCUT2D eigenvalue weighted by Gasteiger charge is -2.17. The topological polar surface area (TPSA) is 56.0 Å². The van der Waals surface area contributed by atoms with E-state index in [-0.39, 0.29) is 25.8 Å². The Hall–Kier alpha value is -1.36. The highest BCUT2D eigenvalue weighted by molar-refractivity contribution is 5.53. The molecule has 94 valence electrons. The first-order chi connectivity index (χ1) is 8.07. The van der Waals surface area contributed by atoms with Gasteiger partial charge in [-0.3, -0.25) is 4.98 Å². The summed E-state index contributed by atoms with van der Waals surface area (Å²) in [5.41, 5.74) is 5.77. The van der Waals surface area contributed by atoms with Crippen molar-refractivity contribution in [2.75, 3.05) is 6.54 Å². The minimum atomic E-state index is -2.82. The Bertz CT molecular complexity index is 344. The van der Waals surface area contributed by atoms with Crippen molar-refractivity contribution in [3.05, 3.63) is 30.1 Å². The van der Waals surface area contributed by atoms with Crippen molar-refractivity contribution in [3.63, 3.8) is 0 Å². The van der Waals surface area contributed by atoms with Crippen LogP contribution in [-0.4, -0.2) is 23.7 Å². The third-order valence-electron chi connectivity index (χ3n) is 2.56. The van der Waals surface area contributed by atoms with Crippen LogP contribution in [0, 0.1) is 5.92 Å². The maximum Gasteiger partial charge on any atom is 0.252 e. The molecule has 5 heteroatoms. The van der Waals surface area contributed by atoms with Gasteiger partial charge in [0.1, 0.15) is 6.29 Å². The van der Waals surface area contributed by atoms with Crippen LogP contribution < -0.4 is 5.73 Å². The van der Waals surface area contributed by atoms with Gasteiger partial charge in [-0.25, -0.2) is 8.78 Å². The van der Waals surface area contributed by atoms with Gasteiger partial charge in [0.25, 0.3) is 5.92 Å². The lowest BCUT2D eigenvalue weighted by molar-refractivity contribution is -0.111. The Kier molecular flexibility index (Phi) is 5.15. The number of rotatable bonds is 7. The Labute approximate surface area is 99.0 Å². The van der Waals surface area contributed by atoms with E-state index in [1.165, 1.54) is 6.20 Å². The Morgan fingerprint density at radius 3 is 2.82 bits per heavy atom. The third-order valence-corrected chi connectivity index (χ3v) is 2.56. The smallest absolute Gasteiger partial charge is 0.252 e. The quantitative estimate of drug-likeness (QED) is 0.742. The predicted octanol–water partition coefficient (Wildman–Crippen LogP) is 1.81. The zero-order valence-electron chi connectivity index (χ0n) is 9.48. The molecule has 0 aliphatic rings. The van der Waals surface area contributed by atoms with Crippen LogP contribution in [0.25, 0.3) is 0 Å². The number of aldehydes is 1. The summed E-state index contributed by atoms with van der Waals surface area (Å²) in [7, 11) is 0. The molecular formula is C12H16F2N2O. The van der Waals surface area contributed by atoms with Crippen molar-refractivity contribution in [2.45, 2.75) is 25.2 Å². The highest BCUT2D eigenvalue weighted by Gasteiger charge is 2.29. The molecule has 0 aliphatic heterocycles. The van der Waals surface area contributed by atoms with Gasteiger partial charge in [0.2, 0.25) is 0 Å². The summed E-state index contributed by atoms with van der Waals surface area (Å²) in [6.45, 7) is 0.118. The van der Waals surface area contributed by atoms with E-state index in [2.05, 4.69) is 4.98 Å². The maximum absolute atomic E-state index is 13.6. The lowest BCUT2D eigenvalue weighted by atomic mass is 9.98. The molecule has 17 heavy (non-hydrogen) atoms. The van der Waals surface area contributed by atoms with Crippen LogP contribution in [0.5, 0.6) is 0 Å². The van der Waals surface area contributed by atoms with Gasteiger partial charge >= 0.3 is 0 Å². The number of carbonyl (C=O) groups excluding carboxylic acids is 1. The summed E-state index contributed by atoms with van der Waals surface area (Å²) < 4.78 is 27.1. The summed E-state index contributed by atoms with van der Waals surface area (Å²) >= 11 is 0. The van der Waals surface area contributed by atoms with Crippen LogP contribution in [-0.2, 0) is 11.2 Å². The van der Waals surface area contributed by atoms with Crippen LogP contribution in [0.4, 0.5) is 8.78 Å². The molecule has 1 heterocycles. The summed E-state index contributed by atoms with van der Waals surface area (Å²) in [5.74, 6) is -3.30. The highest BCUT2D eigenvalue weighted by atomic mass is 19.3. The number of hydrogen-bond donors (Lipinski definition) is 1. The minimum Gasteiger partial charge on any atom is -0.330 e. The zero-order valence-corrected chi connectivity index (χ0v) is 9.48. The number of hydrogen-bond acceptors (Lipinski definition) is 3. The van der Waals surface area contributed by atoms with E-state index in [9.17, 15) is 13.6 Å². The van der Waals surface area contributed by atoms with Gasteiger partial charge in [0, 0.05) is 37.7 Å². The van der Waals surface area contributed by atoms with E-state index in [1.54, 1.807) is 18.3 Å². The first-order valence-corrected chi connectivity index (χ1v) is 5.49.